The van der Waals surface area contributed by atoms with Gasteiger partial charge in [-0.15, -0.1) is 0 Å². The summed E-state index contributed by atoms with van der Waals surface area (Å²) in [5.74, 6) is 1.02. The van der Waals surface area contributed by atoms with Crippen LogP contribution in [0, 0.1) is 11.8 Å². The highest BCUT2D eigenvalue weighted by atomic mass is 35.5. The molecule has 0 spiro atoms. The average Bonchev–Trinajstić information content (AvgIpc) is 2.38. The van der Waals surface area contributed by atoms with E-state index in [4.69, 9.17) is 23.2 Å². The van der Waals surface area contributed by atoms with Crippen molar-refractivity contribution in [1.82, 2.24) is 0 Å². The van der Waals surface area contributed by atoms with Gasteiger partial charge in [0.05, 0.1) is 5.02 Å². The lowest BCUT2D eigenvalue weighted by atomic mass is 9.77. The summed E-state index contributed by atoms with van der Waals surface area (Å²) in [5, 5.41) is 1.05. The molecule has 3 heteroatoms. The Morgan fingerprint density at radius 3 is 2.78 bits per heavy atom. The van der Waals surface area contributed by atoms with Crippen molar-refractivity contribution in [2.75, 3.05) is 0 Å². The summed E-state index contributed by atoms with van der Waals surface area (Å²) in [6.07, 6.45) is 5.58. The van der Waals surface area contributed by atoms with Gasteiger partial charge in [-0.2, -0.15) is 0 Å². The zero-order valence-electron chi connectivity index (χ0n) is 10.6. The van der Waals surface area contributed by atoms with Gasteiger partial charge in [0, 0.05) is 16.5 Å². The summed E-state index contributed by atoms with van der Waals surface area (Å²) in [6.45, 7) is 2.20. The van der Waals surface area contributed by atoms with Crippen LogP contribution in [0.25, 0.3) is 0 Å². The highest BCUT2D eigenvalue weighted by molar-refractivity contribution is 6.36. The number of carbonyl (C=O) groups is 1. The second kappa shape index (κ2) is 6.08. The van der Waals surface area contributed by atoms with Crippen molar-refractivity contribution in [3.63, 3.8) is 0 Å². The van der Waals surface area contributed by atoms with Gasteiger partial charge in [-0.25, -0.2) is 0 Å². The fourth-order valence-electron chi connectivity index (χ4n) is 2.81. The summed E-state index contributed by atoms with van der Waals surface area (Å²) in [4.78, 5) is 12.5. The number of halogens is 2. The molecule has 0 amide bonds. The van der Waals surface area contributed by atoms with Gasteiger partial charge >= 0.3 is 0 Å². The molecule has 1 fully saturated rings. The van der Waals surface area contributed by atoms with E-state index in [-0.39, 0.29) is 11.7 Å². The molecule has 1 aromatic carbocycles. The number of hydrogen-bond acceptors (Lipinski definition) is 1. The maximum absolute atomic E-state index is 12.5. The molecule has 1 nitrogen and oxygen atoms in total. The number of hydrogen-bond donors (Lipinski definition) is 0. The quantitative estimate of drug-likeness (QED) is 0.680. The van der Waals surface area contributed by atoms with E-state index in [1.54, 1.807) is 18.2 Å². The van der Waals surface area contributed by atoms with Crippen LogP contribution < -0.4 is 0 Å². The SMILES string of the molecule is CCC1CCCC(C(=O)c2ccc(Cl)cc2Cl)C1. The third-order valence-corrected chi connectivity index (χ3v) is 4.48. The molecule has 98 valence electrons. The molecule has 0 aliphatic heterocycles. The Morgan fingerprint density at radius 2 is 2.11 bits per heavy atom. The average molecular weight is 285 g/mol. The zero-order valence-corrected chi connectivity index (χ0v) is 12.1. The van der Waals surface area contributed by atoms with Crippen molar-refractivity contribution in [1.29, 1.82) is 0 Å². The minimum absolute atomic E-state index is 0.141. The zero-order chi connectivity index (χ0) is 13.1. The van der Waals surface area contributed by atoms with Crippen molar-refractivity contribution < 1.29 is 4.79 Å². The van der Waals surface area contributed by atoms with Crippen molar-refractivity contribution in [2.45, 2.75) is 39.0 Å². The second-order valence-corrected chi connectivity index (χ2v) is 5.97. The van der Waals surface area contributed by atoms with E-state index in [1.165, 1.54) is 6.42 Å². The largest absolute Gasteiger partial charge is 0.294 e. The molecule has 2 unspecified atom stereocenters. The van der Waals surface area contributed by atoms with E-state index in [9.17, 15) is 4.79 Å². The third kappa shape index (κ3) is 3.07. The molecular formula is C15H18Cl2O. The van der Waals surface area contributed by atoms with Crippen molar-refractivity contribution >= 4 is 29.0 Å². The third-order valence-electron chi connectivity index (χ3n) is 3.93. The lowest BCUT2D eigenvalue weighted by Gasteiger charge is -2.27. The van der Waals surface area contributed by atoms with Crippen molar-refractivity contribution in [3.05, 3.63) is 33.8 Å². The first-order valence-corrected chi connectivity index (χ1v) is 7.36. The number of benzene rings is 1. The van der Waals surface area contributed by atoms with Gasteiger partial charge in [0.2, 0.25) is 0 Å². The number of carbonyl (C=O) groups excluding carboxylic acids is 1. The van der Waals surface area contributed by atoms with Gasteiger partial charge in [0.1, 0.15) is 0 Å². The van der Waals surface area contributed by atoms with Gasteiger partial charge in [0.25, 0.3) is 0 Å². The highest BCUT2D eigenvalue weighted by Gasteiger charge is 2.28. The van der Waals surface area contributed by atoms with Crippen molar-refractivity contribution in [2.24, 2.45) is 11.8 Å². The highest BCUT2D eigenvalue weighted by Crippen LogP contribution is 2.34. The van der Waals surface area contributed by atoms with Crippen LogP contribution in [0.5, 0.6) is 0 Å². The predicted molar refractivity (Wildman–Crippen MR) is 76.5 cm³/mol. The molecule has 1 aliphatic carbocycles. The van der Waals surface area contributed by atoms with Gasteiger partial charge in [-0.1, -0.05) is 49.4 Å². The van der Waals surface area contributed by atoms with Gasteiger partial charge in [0.15, 0.2) is 5.78 Å². The molecule has 0 N–H and O–H groups in total. The lowest BCUT2D eigenvalue weighted by molar-refractivity contribution is 0.0862. The van der Waals surface area contributed by atoms with E-state index in [0.29, 0.717) is 21.5 Å². The molecule has 18 heavy (non-hydrogen) atoms. The Hall–Kier alpha value is -0.530. The Morgan fingerprint density at radius 1 is 1.33 bits per heavy atom. The van der Waals surface area contributed by atoms with E-state index in [2.05, 4.69) is 6.92 Å². The summed E-state index contributed by atoms with van der Waals surface area (Å²) in [6, 6.07) is 5.14. The van der Waals surface area contributed by atoms with Crippen LogP contribution in [0.3, 0.4) is 0 Å². The van der Waals surface area contributed by atoms with Crippen LogP contribution in [0.4, 0.5) is 0 Å². The molecule has 0 radical (unpaired) electrons. The molecule has 1 aliphatic rings. The van der Waals surface area contributed by atoms with Crippen molar-refractivity contribution in [3.8, 4) is 0 Å². The van der Waals surface area contributed by atoms with Crippen LogP contribution in [0.15, 0.2) is 18.2 Å². The van der Waals surface area contributed by atoms with Gasteiger partial charge < -0.3 is 0 Å². The Kier molecular flexibility index (Phi) is 4.69. The molecule has 2 atom stereocenters. The first-order chi connectivity index (χ1) is 8.61. The maximum atomic E-state index is 12.5. The molecule has 0 saturated heterocycles. The topological polar surface area (TPSA) is 17.1 Å². The van der Waals surface area contributed by atoms with E-state index >= 15 is 0 Å². The minimum Gasteiger partial charge on any atom is -0.294 e. The molecular weight excluding hydrogens is 267 g/mol. The fourth-order valence-corrected chi connectivity index (χ4v) is 3.31. The Labute approximate surface area is 118 Å². The Bertz CT molecular complexity index is 442. The first kappa shape index (κ1) is 13.9. The maximum Gasteiger partial charge on any atom is 0.167 e. The van der Waals surface area contributed by atoms with Crippen LogP contribution in [0.1, 0.15) is 49.4 Å². The monoisotopic (exact) mass is 284 g/mol. The number of rotatable bonds is 3. The second-order valence-electron chi connectivity index (χ2n) is 5.13. The summed E-state index contributed by atoms with van der Waals surface area (Å²) < 4.78 is 0. The molecule has 2 rings (SSSR count). The van der Waals surface area contributed by atoms with Crippen LogP contribution in [0.2, 0.25) is 10.0 Å². The smallest absolute Gasteiger partial charge is 0.167 e. The standard InChI is InChI=1S/C15H18Cl2O/c1-2-10-4-3-5-11(8-10)15(18)13-7-6-12(16)9-14(13)17/h6-7,9-11H,2-5,8H2,1H3. The Balaban J connectivity index is 2.15. The summed E-state index contributed by atoms with van der Waals surface area (Å²) in [7, 11) is 0. The van der Waals surface area contributed by atoms with E-state index in [0.717, 1.165) is 25.7 Å². The number of Topliss-reactive ketones (excluding diaryl/α,β-unsaturated/α-hetero) is 1. The fraction of sp³-hybridized carbons (Fsp3) is 0.533. The first-order valence-electron chi connectivity index (χ1n) is 6.61. The molecule has 1 aromatic rings. The van der Waals surface area contributed by atoms with Crippen LogP contribution >= 0.6 is 23.2 Å². The lowest BCUT2D eigenvalue weighted by Crippen LogP contribution is -2.23. The van der Waals surface area contributed by atoms with Crippen LogP contribution in [-0.2, 0) is 0 Å². The van der Waals surface area contributed by atoms with Gasteiger partial charge in [-0.05, 0) is 37.0 Å². The number of ketones is 1. The molecule has 1 saturated carbocycles. The minimum atomic E-state index is 0.141. The molecule has 0 bridgehead atoms. The van der Waals surface area contributed by atoms with Gasteiger partial charge in [-0.3, -0.25) is 4.79 Å². The molecule has 0 heterocycles. The molecule has 0 aromatic heterocycles. The predicted octanol–water partition coefficient (Wildman–Crippen LogP) is 5.39. The summed E-state index contributed by atoms with van der Waals surface area (Å²) >= 11 is 12.0. The van der Waals surface area contributed by atoms with E-state index in [1.807, 2.05) is 0 Å². The van der Waals surface area contributed by atoms with Crippen LogP contribution in [-0.4, -0.2) is 5.78 Å². The van der Waals surface area contributed by atoms with E-state index < -0.39 is 0 Å². The summed E-state index contributed by atoms with van der Waals surface area (Å²) in [5.41, 5.74) is 0.628. The normalized spacial score (nSPS) is 23.9.